The molecule has 38 heavy (non-hydrogen) atoms. The summed E-state index contributed by atoms with van der Waals surface area (Å²) in [7, 11) is 0. The van der Waals surface area contributed by atoms with Gasteiger partial charge in [-0.3, -0.25) is 9.88 Å². The molecule has 2 aromatic heterocycles. The predicted molar refractivity (Wildman–Crippen MR) is 141 cm³/mol. The van der Waals surface area contributed by atoms with E-state index in [0.29, 0.717) is 38.1 Å². The summed E-state index contributed by atoms with van der Waals surface area (Å²) in [5.41, 5.74) is 2.28. The van der Waals surface area contributed by atoms with E-state index in [1.54, 1.807) is 13.0 Å². The Kier molecular flexibility index (Phi) is 7.59. The van der Waals surface area contributed by atoms with Crippen LogP contribution in [-0.2, 0) is 11.3 Å². The lowest BCUT2D eigenvalue weighted by Gasteiger charge is -2.39. The molecule has 3 aromatic rings. The van der Waals surface area contributed by atoms with Crippen LogP contribution in [0, 0.1) is 5.82 Å². The van der Waals surface area contributed by atoms with E-state index in [0.717, 1.165) is 28.2 Å². The molecule has 2 fully saturated rings. The average Bonchev–Trinajstić information content (AvgIpc) is 2.88. The maximum atomic E-state index is 15.0. The fourth-order valence-electron chi connectivity index (χ4n) is 5.35. The van der Waals surface area contributed by atoms with Gasteiger partial charge in [0.1, 0.15) is 11.9 Å². The van der Waals surface area contributed by atoms with Gasteiger partial charge in [-0.15, -0.1) is 0 Å². The number of ether oxygens (including phenoxy) is 1. The van der Waals surface area contributed by atoms with Crippen LogP contribution < -0.4 is 5.32 Å². The Labute approximate surface area is 221 Å². The number of fused-ring (bicyclic) bond motifs is 1. The minimum Gasteiger partial charge on any atom is -0.389 e. The van der Waals surface area contributed by atoms with Crippen molar-refractivity contribution in [1.29, 1.82) is 0 Å². The lowest BCUT2D eigenvalue weighted by Crippen LogP contribution is -2.51. The van der Waals surface area contributed by atoms with E-state index in [4.69, 9.17) is 4.74 Å². The van der Waals surface area contributed by atoms with Crippen LogP contribution in [0.15, 0.2) is 30.6 Å². The number of benzene rings is 1. The molecule has 0 aliphatic carbocycles. The quantitative estimate of drug-likeness (QED) is 0.445. The topological polar surface area (TPSA) is 104 Å². The van der Waals surface area contributed by atoms with Crippen LogP contribution >= 0.6 is 0 Å². The molecule has 0 bridgehead atoms. The molecule has 4 atom stereocenters. The number of aliphatic hydroxyl groups excluding tert-OH is 1. The molecule has 0 radical (unpaired) electrons. The van der Waals surface area contributed by atoms with Gasteiger partial charge in [0.25, 0.3) is 0 Å². The molecule has 0 spiro atoms. The Morgan fingerprint density at radius 1 is 1.26 bits per heavy atom. The Balaban J connectivity index is 1.47. The van der Waals surface area contributed by atoms with Gasteiger partial charge in [0.05, 0.1) is 36.1 Å². The number of aliphatic hydroxyl groups is 2. The minimum atomic E-state index is -1.32. The summed E-state index contributed by atoms with van der Waals surface area (Å²) in [6.45, 7) is 7.74. The van der Waals surface area contributed by atoms with Gasteiger partial charge in [0, 0.05) is 43.4 Å². The monoisotopic (exact) mass is 527 g/mol. The van der Waals surface area contributed by atoms with E-state index in [-0.39, 0.29) is 36.8 Å². The molecule has 3 N–H and O–H groups in total. The van der Waals surface area contributed by atoms with Crippen molar-refractivity contribution in [2.45, 2.75) is 70.0 Å². The number of pyridine rings is 1. The number of hydrogen-bond donors (Lipinski definition) is 3. The van der Waals surface area contributed by atoms with Gasteiger partial charge >= 0.3 is 0 Å². The van der Waals surface area contributed by atoms with Crippen LogP contribution in [0.1, 0.15) is 50.7 Å². The molecule has 0 amide bonds. The first-order valence-electron chi connectivity index (χ1n) is 13.2. The SMILES string of the molecule is CC(C)c1c(CN2CC[C@@](C)(O)[C@H](F)C2)cnc2ccc(-c3nc(N[C@@H]4CCOC[C@H]4O)ncc3F)cc12. The van der Waals surface area contributed by atoms with Gasteiger partial charge in [-0.1, -0.05) is 19.9 Å². The molecule has 10 heteroatoms. The molecule has 4 heterocycles. The molecule has 5 rings (SSSR count). The smallest absolute Gasteiger partial charge is 0.223 e. The zero-order valence-electron chi connectivity index (χ0n) is 22.0. The van der Waals surface area contributed by atoms with Gasteiger partial charge in [0.15, 0.2) is 5.82 Å². The second kappa shape index (κ2) is 10.8. The Morgan fingerprint density at radius 3 is 2.82 bits per heavy atom. The Morgan fingerprint density at radius 2 is 2.08 bits per heavy atom. The Bertz CT molecular complexity index is 1300. The third-order valence-electron chi connectivity index (χ3n) is 7.65. The Hall–Kier alpha value is -2.79. The van der Waals surface area contributed by atoms with Gasteiger partial charge in [-0.05, 0) is 48.9 Å². The van der Waals surface area contributed by atoms with E-state index in [1.165, 1.54) is 0 Å². The standard InChI is InChI=1S/C28H35F2N5O3/c1-16(2)25-18(13-35-8-7-28(3,37)24(30)14-35)11-31-21-5-4-17(10-19(21)25)26-20(29)12-32-27(34-26)33-22-6-9-38-15-23(22)36/h4-5,10-12,16,22-24,36-37H,6-9,13-15H2,1-3H3,(H,32,33,34)/t22-,23-,24-,28-/m1/s1. The summed E-state index contributed by atoms with van der Waals surface area (Å²) in [6, 6.07) is 5.27. The zero-order valence-corrected chi connectivity index (χ0v) is 22.0. The van der Waals surface area contributed by atoms with Crippen molar-refractivity contribution in [2.24, 2.45) is 0 Å². The fourth-order valence-corrected chi connectivity index (χ4v) is 5.35. The first-order valence-corrected chi connectivity index (χ1v) is 13.2. The van der Waals surface area contributed by atoms with Crippen LogP contribution in [0.4, 0.5) is 14.7 Å². The number of rotatable bonds is 6. The molecular formula is C28H35F2N5O3. The van der Waals surface area contributed by atoms with E-state index in [1.807, 2.05) is 23.2 Å². The van der Waals surface area contributed by atoms with E-state index >= 15 is 0 Å². The number of alkyl halides is 1. The van der Waals surface area contributed by atoms with E-state index in [9.17, 15) is 19.0 Å². The van der Waals surface area contributed by atoms with Crippen molar-refractivity contribution >= 4 is 16.9 Å². The molecule has 2 aliphatic heterocycles. The fraction of sp³-hybridized carbons (Fsp3) is 0.536. The number of nitrogens with zero attached hydrogens (tertiary/aromatic N) is 4. The van der Waals surface area contributed by atoms with Crippen LogP contribution in [0.2, 0.25) is 0 Å². The summed E-state index contributed by atoms with van der Waals surface area (Å²) in [5.74, 6) is -0.167. The summed E-state index contributed by atoms with van der Waals surface area (Å²) < 4.78 is 34.8. The highest BCUT2D eigenvalue weighted by Crippen LogP contribution is 2.34. The maximum absolute atomic E-state index is 15.0. The number of aromatic nitrogens is 3. The highest BCUT2D eigenvalue weighted by molar-refractivity contribution is 5.88. The molecule has 2 saturated heterocycles. The lowest BCUT2D eigenvalue weighted by molar-refractivity contribution is -0.0728. The predicted octanol–water partition coefficient (Wildman–Crippen LogP) is 3.81. The molecule has 204 valence electrons. The highest BCUT2D eigenvalue weighted by atomic mass is 19.1. The average molecular weight is 528 g/mol. The number of likely N-dealkylation sites (tertiary alicyclic amines) is 1. The summed E-state index contributed by atoms with van der Waals surface area (Å²) in [4.78, 5) is 15.2. The molecule has 0 unspecified atom stereocenters. The van der Waals surface area contributed by atoms with Crippen LogP contribution in [0.5, 0.6) is 0 Å². The van der Waals surface area contributed by atoms with Crippen molar-refractivity contribution < 1.29 is 23.7 Å². The van der Waals surface area contributed by atoms with Crippen LogP contribution in [-0.4, -0.2) is 80.3 Å². The van der Waals surface area contributed by atoms with Gasteiger partial charge in [0.2, 0.25) is 5.95 Å². The lowest BCUT2D eigenvalue weighted by atomic mass is 9.90. The summed E-state index contributed by atoms with van der Waals surface area (Å²) >= 11 is 0. The van der Waals surface area contributed by atoms with Gasteiger partial charge in [-0.2, -0.15) is 0 Å². The van der Waals surface area contributed by atoms with Crippen molar-refractivity contribution in [3.63, 3.8) is 0 Å². The maximum Gasteiger partial charge on any atom is 0.223 e. The van der Waals surface area contributed by atoms with E-state index in [2.05, 4.69) is 34.1 Å². The number of nitrogens with one attached hydrogen (secondary N) is 1. The van der Waals surface area contributed by atoms with Gasteiger partial charge in [-0.25, -0.2) is 18.7 Å². The molecule has 0 saturated carbocycles. The normalized spacial score (nSPS) is 26.7. The molecule has 2 aliphatic rings. The van der Waals surface area contributed by atoms with Crippen molar-refractivity contribution in [2.75, 3.05) is 31.6 Å². The third-order valence-corrected chi connectivity index (χ3v) is 7.65. The summed E-state index contributed by atoms with van der Waals surface area (Å²) in [5, 5.41) is 24.4. The third kappa shape index (κ3) is 5.49. The second-order valence-corrected chi connectivity index (χ2v) is 11.0. The number of piperidine rings is 1. The van der Waals surface area contributed by atoms with Crippen LogP contribution in [0.3, 0.4) is 0 Å². The second-order valence-electron chi connectivity index (χ2n) is 11.0. The largest absolute Gasteiger partial charge is 0.389 e. The molecular weight excluding hydrogens is 492 g/mol. The van der Waals surface area contributed by atoms with Crippen molar-refractivity contribution in [1.82, 2.24) is 19.9 Å². The van der Waals surface area contributed by atoms with Crippen molar-refractivity contribution in [3.8, 4) is 11.3 Å². The van der Waals surface area contributed by atoms with E-state index < -0.39 is 23.7 Å². The minimum absolute atomic E-state index is 0.141. The molecule has 8 nitrogen and oxygen atoms in total. The van der Waals surface area contributed by atoms with Gasteiger partial charge < -0.3 is 20.3 Å². The van der Waals surface area contributed by atoms with Crippen molar-refractivity contribution in [3.05, 3.63) is 47.5 Å². The number of anilines is 1. The molecule has 1 aromatic carbocycles. The number of halogens is 2. The first-order chi connectivity index (χ1) is 18.1. The van der Waals surface area contributed by atoms with Crippen LogP contribution in [0.25, 0.3) is 22.2 Å². The first kappa shape index (κ1) is 26.8. The number of hydrogen-bond acceptors (Lipinski definition) is 8. The summed E-state index contributed by atoms with van der Waals surface area (Å²) in [6.07, 6.45) is 1.92. The zero-order chi connectivity index (χ0) is 27.0. The highest BCUT2D eigenvalue weighted by Gasteiger charge is 2.38.